The standard InChI is InChI=1S/C19H28N2O4S/c1-14(22)21-10-6-9-18(20-26(2,23)24)19(21)13-25-17-11-16(12-17)15-7-4-3-5-8-15/h3-5,7-8,16-20H,6,9-13H2,1-2H3/t16?,17?,18-,19-/m1/s1. The van der Waals surface area contributed by atoms with Crippen molar-refractivity contribution in [3.8, 4) is 0 Å². The fourth-order valence-corrected chi connectivity index (χ4v) is 4.83. The molecule has 144 valence electrons. The van der Waals surface area contributed by atoms with E-state index < -0.39 is 10.0 Å². The third-order valence-corrected chi connectivity index (χ3v) is 6.15. The Morgan fingerprint density at radius 2 is 1.96 bits per heavy atom. The zero-order valence-electron chi connectivity index (χ0n) is 15.4. The summed E-state index contributed by atoms with van der Waals surface area (Å²) in [6.07, 6.45) is 4.80. The molecule has 1 aliphatic carbocycles. The Morgan fingerprint density at radius 1 is 1.27 bits per heavy atom. The van der Waals surface area contributed by atoms with Crippen LogP contribution in [0, 0.1) is 0 Å². The van der Waals surface area contributed by atoms with Crippen molar-refractivity contribution < 1.29 is 17.9 Å². The molecule has 1 saturated heterocycles. The quantitative estimate of drug-likeness (QED) is 0.818. The van der Waals surface area contributed by atoms with E-state index in [1.54, 1.807) is 4.90 Å². The third-order valence-electron chi connectivity index (χ3n) is 5.42. The highest BCUT2D eigenvalue weighted by Gasteiger charge is 2.37. The van der Waals surface area contributed by atoms with Crippen molar-refractivity contribution >= 4 is 15.9 Å². The Balaban J connectivity index is 1.57. The van der Waals surface area contributed by atoms with E-state index in [0.29, 0.717) is 19.1 Å². The van der Waals surface area contributed by atoms with Crippen molar-refractivity contribution in [2.45, 2.75) is 56.7 Å². The number of piperidine rings is 1. The highest BCUT2D eigenvalue weighted by molar-refractivity contribution is 7.88. The van der Waals surface area contributed by atoms with Crippen LogP contribution < -0.4 is 4.72 Å². The molecule has 6 nitrogen and oxygen atoms in total. The number of likely N-dealkylation sites (tertiary alicyclic amines) is 1. The molecule has 7 heteroatoms. The molecule has 2 fully saturated rings. The van der Waals surface area contributed by atoms with Gasteiger partial charge in [0.25, 0.3) is 0 Å². The Labute approximate surface area is 156 Å². The summed E-state index contributed by atoms with van der Waals surface area (Å²) in [5, 5.41) is 0. The van der Waals surface area contributed by atoms with Gasteiger partial charge in [0.1, 0.15) is 0 Å². The van der Waals surface area contributed by atoms with Gasteiger partial charge in [0.15, 0.2) is 0 Å². The van der Waals surface area contributed by atoms with E-state index in [0.717, 1.165) is 31.9 Å². The predicted molar refractivity (Wildman–Crippen MR) is 100 cm³/mol. The first kappa shape index (κ1) is 19.3. The molecule has 0 unspecified atom stereocenters. The first-order valence-electron chi connectivity index (χ1n) is 9.24. The van der Waals surface area contributed by atoms with Crippen LogP contribution in [-0.4, -0.2) is 56.8 Å². The smallest absolute Gasteiger partial charge is 0.219 e. The summed E-state index contributed by atoms with van der Waals surface area (Å²) in [5.41, 5.74) is 1.34. The van der Waals surface area contributed by atoms with Crippen LogP contribution >= 0.6 is 0 Å². The van der Waals surface area contributed by atoms with Crippen LogP contribution in [0.5, 0.6) is 0 Å². The number of benzene rings is 1. The topological polar surface area (TPSA) is 75.7 Å². The number of nitrogens with zero attached hydrogens (tertiary/aromatic N) is 1. The van der Waals surface area contributed by atoms with Gasteiger partial charge >= 0.3 is 0 Å². The molecule has 1 N–H and O–H groups in total. The first-order valence-corrected chi connectivity index (χ1v) is 11.1. The Morgan fingerprint density at radius 3 is 2.58 bits per heavy atom. The normalized spacial score (nSPS) is 29.2. The fraction of sp³-hybridized carbons (Fsp3) is 0.632. The maximum absolute atomic E-state index is 12.0. The van der Waals surface area contributed by atoms with Crippen LogP contribution in [0.25, 0.3) is 0 Å². The fourth-order valence-electron chi connectivity index (χ4n) is 4.00. The minimum Gasteiger partial charge on any atom is -0.376 e. The monoisotopic (exact) mass is 380 g/mol. The predicted octanol–water partition coefficient (Wildman–Crippen LogP) is 1.88. The molecule has 1 aliphatic heterocycles. The number of rotatable bonds is 6. The number of ether oxygens (including phenoxy) is 1. The molecule has 0 radical (unpaired) electrons. The molecule has 26 heavy (non-hydrogen) atoms. The number of nitrogens with one attached hydrogen (secondary N) is 1. The molecule has 1 aromatic rings. The molecular formula is C19H28N2O4S. The van der Waals surface area contributed by atoms with E-state index in [4.69, 9.17) is 4.74 Å². The van der Waals surface area contributed by atoms with Crippen LogP contribution in [0.1, 0.15) is 44.1 Å². The Kier molecular flexibility index (Phi) is 5.99. The number of hydrogen-bond donors (Lipinski definition) is 1. The molecule has 1 saturated carbocycles. The van der Waals surface area contributed by atoms with Gasteiger partial charge in [-0.15, -0.1) is 0 Å². The van der Waals surface area contributed by atoms with Crippen molar-refractivity contribution in [1.82, 2.24) is 9.62 Å². The Bertz CT molecular complexity index is 716. The average molecular weight is 381 g/mol. The van der Waals surface area contributed by atoms with Gasteiger partial charge in [0.05, 0.1) is 25.0 Å². The second-order valence-electron chi connectivity index (χ2n) is 7.45. The highest BCUT2D eigenvalue weighted by Crippen LogP contribution is 2.38. The van der Waals surface area contributed by atoms with Crippen molar-refractivity contribution in [2.75, 3.05) is 19.4 Å². The van der Waals surface area contributed by atoms with Crippen molar-refractivity contribution in [1.29, 1.82) is 0 Å². The van der Waals surface area contributed by atoms with Gasteiger partial charge in [-0.05, 0) is 37.2 Å². The van der Waals surface area contributed by atoms with Gasteiger partial charge in [-0.2, -0.15) is 0 Å². The summed E-state index contributed by atoms with van der Waals surface area (Å²) < 4.78 is 32.1. The minimum absolute atomic E-state index is 0.0330. The number of hydrogen-bond acceptors (Lipinski definition) is 4. The highest BCUT2D eigenvalue weighted by atomic mass is 32.2. The van der Waals surface area contributed by atoms with Gasteiger partial charge in [0, 0.05) is 19.5 Å². The van der Waals surface area contributed by atoms with E-state index in [9.17, 15) is 13.2 Å². The largest absolute Gasteiger partial charge is 0.376 e. The summed E-state index contributed by atoms with van der Waals surface area (Å²) in [5.74, 6) is 0.496. The van der Waals surface area contributed by atoms with Crippen LogP contribution in [-0.2, 0) is 19.6 Å². The molecule has 0 spiro atoms. The second-order valence-corrected chi connectivity index (χ2v) is 9.23. The Hall–Kier alpha value is -1.44. The van der Waals surface area contributed by atoms with E-state index >= 15 is 0 Å². The van der Waals surface area contributed by atoms with Crippen LogP contribution in [0.2, 0.25) is 0 Å². The molecule has 1 amide bonds. The zero-order valence-corrected chi connectivity index (χ0v) is 16.2. The van der Waals surface area contributed by atoms with Gasteiger partial charge in [-0.25, -0.2) is 13.1 Å². The molecular weight excluding hydrogens is 352 g/mol. The molecule has 3 rings (SSSR count). The summed E-state index contributed by atoms with van der Waals surface area (Å²) in [6.45, 7) is 2.56. The summed E-state index contributed by atoms with van der Waals surface area (Å²) in [4.78, 5) is 13.7. The zero-order chi connectivity index (χ0) is 18.7. The van der Waals surface area contributed by atoms with Gasteiger partial charge in [-0.3, -0.25) is 4.79 Å². The molecule has 0 aromatic heterocycles. The van der Waals surface area contributed by atoms with Crippen molar-refractivity contribution in [3.05, 3.63) is 35.9 Å². The van der Waals surface area contributed by atoms with Crippen molar-refractivity contribution in [3.63, 3.8) is 0 Å². The lowest BCUT2D eigenvalue weighted by Gasteiger charge is -2.43. The molecule has 1 aromatic carbocycles. The summed E-state index contributed by atoms with van der Waals surface area (Å²) >= 11 is 0. The lowest BCUT2D eigenvalue weighted by molar-refractivity contribution is -0.136. The first-order chi connectivity index (χ1) is 12.3. The minimum atomic E-state index is -3.32. The lowest BCUT2D eigenvalue weighted by Crippen LogP contribution is -2.58. The third kappa shape index (κ3) is 4.84. The summed E-state index contributed by atoms with van der Waals surface area (Å²) in [6, 6.07) is 9.89. The van der Waals surface area contributed by atoms with E-state index in [2.05, 4.69) is 29.0 Å². The second kappa shape index (κ2) is 8.06. The number of carbonyl (C=O) groups excluding carboxylic acids is 1. The average Bonchev–Trinajstić information content (AvgIpc) is 2.53. The molecule has 2 aliphatic rings. The molecule has 1 heterocycles. The number of amides is 1. The van der Waals surface area contributed by atoms with Crippen LogP contribution in [0.4, 0.5) is 0 Å². The van der Waals surface area contributed by atoms with E-state index in [-0.39, 0.29) is 24.1 Å². The van der Waals surface area contributed by atoms with E-state index in [1.165, 1.54) is 12.5 Å². The maximum Gasteiger partial charge on any atom is 0.219 e. The van der Waals surface area contributed by atoms with Crippen LogP contribution in [0.15, 0.2) is 30.3 Å². The molecule has 2 atom stereocenters. The van der Waals surface area contributed by atoms with Crippen LogP contribution in [0.3, 0.4) is 0 Å². The molecule has 0 bridgehead atoms. The van der Waals surface area contributed by atoms with Gasteiger partial charge in [0.2, 0.25) is 15.9 Å². The van der Waals surface area contributed by atoms with Crippen molar-refractivity contribution in [2.24, 2.45) is 0 Å². The van der Waals surface area contributed by atoms with E-state index in [1.807, 2.05) is 6.07 Å². The number of carbonyl (C=O) groups is 1. The number of sulfonamides is 1. The summed E-state index contributed by atoms with van der Waals surface area (Å²) in [7, 11) is -3.32. The van der Waals surface area contributed by atoms with Gasteiger partial charge < -0.3 is 9.64 Å². The van der Waals surface area contributed by atoms with Gasteiger partial charge in [-0.1, -0.05) is 30.3 Å². The maximum atomic E-state index is 12.0. The SMILES string of the molecule is CC(=O)N1CCC[C@@H](NS(C)(=O)=O)[C@H]1COC1CC(c2ccccc2)C1. The lowest BCUT2D eigenvalue weighted by atomic mass is 9.77.